The number of nitrogens with zero attached hydrogens (tertiary/aromatic N) is 2. The van der Waals surface area contributed by atoms with Gasteiger partial charge in [0, 0.05) is 5.56 Å². The maximum Gasteiger partial charge on any atom is 0.244 e. The van der Waals surface area contributed by atoms with E-state index in [1.165, 1.54) is 0 Å². The summed E-state index contributed by atoms with van der Waals surface area (Å²) in [7, 11) is 0. The third kappa shape index (κ3) is 1.44. The largest absolute Gasteiger partial charge is 0.491 e. The summed E-state index contributed by atoms with van der Waals surface area (Å²) < 4.78 is 5.53. The lowest BCUT2D eigenvalue weighted by Gasteiger charge is -2.08. The lowest BCUT2D eigenvalue weighted by atomic mass is 10.1. The number of ether oxygens (including phenoxy) is 1. The zero-order valence-electron chi connectivity index (χ0n) is 8.47. The van der Waals surface area contributed by atoms with Gasteiger partial charge in [-0.1, -0.05) is 18.2 Å². The van der Waals surface area contributed by atoms with Crippen molar-refractivity contribution in [2.24, 2.45) is 0 Å². The van der Waals surface area contributed by atoms with E-state index in [9.17, 15) is 0 Å². The smallest absolute Gasteiger partial charge is 0.244 e. The van der Waals surface area contributed by atoms with E-state index in [2.05, 4.69) is 20.5 Å². The van der Waals surface area contributed by atoms with Crippen LogP contribution in [0.1, 0.15) is 11.6 Å². The van der Waals surface area contributed by atoms with Gasteiger partial charge in [0.25, 0.3) is 0 Å². The standard InChI is InChI=1S/C10H11N5O/c11-9-13-10(15-14-9)12-7-5-16-8-4-2-1-3-6(7)8/h1-4,7H,5H2,(H4,11,12,13,14,15)/t7-/m0/s1. The highest BCUT2D eigenvalue weighted by molar-refractivity contribution is 5.44. The molecule has 2 heterocycles. The van der Waals surface area contributed by atoms with E-state index in [1.807, 2.05) is 24.3 Å². The first-order chi connectivity index (χ1) is 7.83. The van der Waals surface area contributed by atoms with Gasteiger partial charge in [-0.15, -0.1) is 5.10 Å². The topological polar surface area (TPSA) is 88.8 Å². The highest BCUT2D eigenvalue weighted by Gasteiger charge is 2.24. The number of aromatic nitrogens is 3. The Morgan fingerprint density at radius 1 is 1.44 bits per heavy atom. The van der Waals surface area contributed by atoms with Gasteiger partial charge in [0.1, 0.15) is 12.4 Å². The highest BCUT2D eigenvalue weighted by atomic mass is 16.5. The van der Waals surface area contributed by atoms with Crippen molar-refractivity contribution in [2.75, 3.05) is 17.7 Å². The number of H-pyrrole nitrogens is 1. The zero-order valence-corrected chi connectivity index (χ0v) is 8.47. The van der Waals surface area contributed by atoms with E-state index in [4.69, 9.17) is 10.5 Å². The van der Waals surface area contributed by atoms with Crippen LogP contribution in [0.5, 0.6) is 5.75 Å². The summed E-state index contributed by atoms with van der Waals surface area (Å²) in [6, 6.07) is 7.98. The van der Waals surface area contributed by atoms with Crippen LogP contribution < -0.4 is 15.8 Å². The zero-order chi connectivity index (χ0) is 11.0. The van der Waals surface area contributed by atoms with E-state index >= 15 is 0 Å². The molecule has 0 spiro atoms. The van der Waals surface area contributed by atoms with Gasteiger partial charge >= 0.3 is 0 Å². The van der Waals surface area contributed by atoms with Crippen LogP contribution >= 0.6 is 0 Å². The maximum absolute atomic E-state index is 5.53. The van der Waals surface area contributed by atoms with Crippen molar-refractivity contribution >= 4 is 11.9 Å². The fourth-order valence-corrected chi connectivity index (χ4v) is 1.78. The van der Waals surface area contributed by atoms with Crippen molar-refractivity contribution in [3.05, 3.63) is 29.8 Å². The molecule has 3 rings (SSSR count). The van der Waals surface area contributed by atoms with Crippen LogP contribution in [0.2, 0.25) is 0 Å². The van der Waals surface area contributed by atoms with Crippen LogP contribution in [0.25, 0.3) is 0 Å². The second-order valence-corrected chi connectivity index (χ2v) is 3.59. The Bertz CT molecular complexity index is 509. The van der Waals surface area contributed by atoms with Crippen LogP contribution in [0.4, 0.5) is 11.9 Å². The molecule has 1 aromatic carbocycles. The Morgan fingerprint density at radius 3 is 3.12 bits per heavy atom. The minimum atomic E-state index is 0.0754. The maximum atomic E-state index is 5.53. The van der Waals surface area contributed by atoms with E-state index in [0.717, 1.165) is 11.3 Å². The molecule has 0 fully saturated rings. The third-order valence-electron chi connectivity index (χ3n) is 2.51. The molecular formula is C10H11N5O. The van der Waals surface area contributed by atoms with Crippen molar-refractivity contribution in [3.8, 4) is 5.75 Å². The van der Waals surface area contributed by atoms with Crippen molar-refractivity contribution < 1.29 is 4.74 Å². The summed E-state index contributed by atoms with van der Waals surface area (Å²) >= 11 is 0. The van der Waals surface area contributed by atoms with Gasteiger partial charge in [-0.3, -0.25) is 0 Å². The number of anilines is 2. The summed E-state index contributed by atoms with van der Waals surface area (Å²) in [5.74, 6) is 1.70. The second kappa shape index (κ2) is 3.41. The molecule has 1 aliphatic heterocycles. The molecule has 1 aromatic heterocycles. The molecule has 16 heavy (non-hydrogen) atoms. The molecule has 4 N–H and O–H groups in total. The van der Waals surface area contributed by atoms with Gasteiger partial charge < -0.3 is 15.8 Å². The molecule has 0 unspecified atom stereocenters. The van der Waals surface area contributed by atoms with E-state index < -0.39 is 0 Å². The van der Waals surface area contributed by atoms with Gasteiger partial charge in [-0.05, 0) is 6.07 Å². The fraction of sp³-hybridized carbons (Fsp3) is 0.200. The van der Waals surface area contributed by atoms with Gasteiger partial charge in [0.05, 0.1) is 6.04 Å². The molecule has 0 bridgehead atoms. The van der Waals surface area contributed by atoms with Crippen molar-refractivity contribution in [1.82, 2.24) is 15.2 Å². The number of benzene rings is 1. The Labute approximate surface area is 91.8 Å². The number of nitrogens with one attached hydrogen (secondary N) is 2. The Balaban J connectivity index is 1.83. The quantitative estimate of drug-likeness (QED) is 0.696. The predicted octanol–water partition coefficient (Wildman–Crippen LogP) is 0.933. The van der Waals surface area contributed by atoms with Crippen LogP contribution in [-0.2, 0) is 0 Å². The first kappa shape index (κ1) is 9.02. The third-order valence-corrected chi connectivity index (χ3v) is 2.51. The van der Waals surface area contributed by atoms with Crippen LogP contribution in [0, 0.1) is 0 Å². The number of fused-ring (bicyclic) bond motifs is 1. The van der Waals surface area contributed by atoms with Crippen molar-refractivity contribution in [1.29, 1.82) is 0 Å². The minimum Gasteiger partial charge on any atom is -0.491 e. The Kier molecular flexibility index (Phi) is 1.92. The number of nitrogen functional groups attached to an aromatic ring is 1. The molecule has 82 valence electrons. The summed E-state index contributed by atoms with van der Waals surface area (Å²) in [5, 5.41) is 9.66. The molecule has 0 saturated heterocycles. The van der Waals surface area contributed by atoms with E-state index in [-0.39, 0.29) is 6.04 Å². The summed E-state index contributed by atoms with van der Waals surface area (Å²) in [6.07, 6.45) is 0. The number of hydrogen-bond acceptors (Lipinski definition) is 5. The fourth-order valence-electron chi connectivity index (χ4n) is 1.78. The SMILES string of the molecule is Nc1nc(N[C@H]2COc3ccccc32)n[nH]1. The molecule has 6 nitrogen and oxygen atoms in total. The predicted molar refractivity (Wildman–Crippen MR) is 59.1 cm³/mol. The number of hydrogen-bond donors (Lipinski definition) is 3. The summed E-state index contributed by atoms with van der Waals surface area (Å²) in [6.45, 7) is 0.577. The monoisotopic (exact) mass is 217 g/mol. The molecule has 2 aromatic rings. The summed E-state index contributed by atoms with van der Waals surface area (Å²) in [5.41, 5.74) is 6.56. The van der Waals surface area contributed by atoms with Gasteiger partial charge in [-0.25, -0.2) is 5.10 Å². The average Bonchev–Trinajstić information content (AvgIpc) is 2.87. The lowest BCUT2D eigenvalue weighted by Crippen LogP contribution is -2.12. The van der Waals surface area contributed by atoms with Gasteiger partial charge in [0.2, 0.25) is 11.9 Å². The highest BCUT2D eigenvalue weighted by Crippen LogP contribution is 2.33. The van der Waals surface area contributed by atoms with Gasteiger partial charge in [-0.2, -0.15) is 4.98 Å². The summed E-state index contributed by atoms with van der Waals surface area (Å²) in [4.78, 5) is 3.99. The molecule has 1 atom stereocenters. The second-order valence-electron chi connectivity index (χ2n) is 3.59. The molecule has 0 amide bonds. The minimum absolute atomic E-state index is 0.0754. The average molecular weight is 217 g/mol. The normalized spacial score (nSPS) is 17.9. The molecular weight excluding hydrogens is 206 g/mol. The van der Waals surface area contributed by atoms with Gasteiger partial charge in [0.15, 0.2) is 0 Å². The molecule has 6 heteroatoms. The van der Waals surface area contributed by atoms with Crippen molar-refractivity contribution in [2.45, 2.75) is 6.04 Å². The molecule has 0 radical (unpaired) electrons. The first-order valence-electron chi connectivity index (χ1n) is 4.99. The molecule has 0 saturated carbocycles. The van der Waals surface area contributed by atoms with Crippen LogP contribution in [0.3, 0.4) is 0 Å². The number of para-hydroxylation sites is 1. The molecule has 0 aliphatic carbocycles. The van der Waals surface area contributed by atoms with E-state index in [1.54, 1.807) is 0 Å². The lowest BCUT2D eigenvalue weighted by molar-refractivity contribution is 0.339. The Morgan fingerprint density at radius 2 is 2.31 bits per heavy atom. The number of nitrogens with two attached hydrogens (primary N) is 1. The Hall–Kier alpha value is -2.24. The van der Waals surface area contributed by atoms with Crippen LogP contribution in [-0.4, -0.2) is 21.8 Å². The number of rotatable bonds is 2. The first-order valence-corrected chi connectivity index (χ1v) is 4.99. The van der Waals surface area contributed by atoms with Crippen LogP contribution in [0.15, 0.2) is 24.3 Å². The van der Waals surface area contributed by atoms with Crippen molar-refractivity contribution in [3.63, 3.8) is 0 Å². The number of aromatic amines is 1. The molecule has 1 aliphatic rings. The van der Waals surface area contributed by atoms with E-state index in [0.29, 0.717) is 18.5 Å².